The van der Waals surface area contributed by atoms with Gasteiger partial charge in [-0.25, -0.2) is 0 Å². The van der Waals surface area contributed by atoms with Crippen LogP contribution in [0.1, 0.15) is 48.4 Å². The zero-order chi connectivity index (χ0) is 12.5. The molecule has 2 atom stereocenters. The lowest BCUT2D eigenvalue weighted by Gasteiger charge is -2.05. The van der Waals surface area contributed by atoms with Crippen LogP contribution in [-0.4, -0.2) is 10.2 Å². The summed E-state index contributed by atoms with van der Waals surface area (Å²) in [5.41, 5.74) is 0.980. The van der Waals surface area contributed by atoms with Crippen molar-refractivity contribution >= 4 is 11.6 Å². The molecule has 3 rings (SSSR count). The number of halogens is 1. The molecule has 4 heteroatoms. The first-order valence-electron chi connectivity index (χ1n) is 6.28. The zero-order valence-corrected chi connectivity index (χ0v) is 11.0. The Balaban J connectivity index is 1.80. The largest absolute Gasteiger partial charge is 0.423 e. The van der Waals surface area contributed by atoms with Gasteiger partial charge in [-0.3, -0.25) is 0 Å². The third-order valence-corrected chi connectivity index (χ3v) is 3.92. The molecule has 0 radical (unpaired) electrons. The van der Waals surface area contributed by atoms with Gasteiger partial charge in [0, 0.05) is 5.92 Å². The standard InChI is InChI=1S/C14H15ClN2O/c1-9(10-7-8-10)13-16-17-14(18-13)12(15)11-5-3-2-4-6-11/h2-6,9-10,12H,7-8H2,1H3. The van der Waals surface area contributed by atoms with Crippen molar-refractivity contribution in [1.29, 1.82) is 0 Å². The van der Waals surface area contributed by atoms with Crippen LogP contribution in [-0.2, 0) is 0 Å². The van der Waals surface area contributed by atoms with Gasteiger partial charge in [0.2, 0.25) is 11.8 Å². The monoisotopic (exact) mass is 262 g/mol. The minimum atomic E-state index is -0.362. The molecule has 0 amide bonds. The fourth-order valence-electron chi connectivity index (χ4n) is 2.10. The molecule has 1 aromatic carbocycles. The molecule has 2 unspecified atom stereocenters. The van der Waals surface area contributed by atoms with E-state index in [1.165, 1.54) is 12.8 Å². The predicted molar refractivity (Wildman–Crippen MR) is 69.6 cm³/mol. The van der Waals surface area contributed by atoms with Gasteiger partial charge in [0.05, 0.1) is 0 Å². The summed E-state index contributed by atoms with van der Waals surface area (Å²) in [5, 5.41) is 7.84. The normalized spacial score (nSPS) is 18.6. The lowest BCUT2D eigenvalue weighted by Crippen LogP contribution is -1.95. The molecule has 1 aliphatic rings. The first-order chi connectivity index (χ1) is 8.75. The lowest BCUT2D eigenvalue weighted by atomic mass is 10.1. The van der Waals surface area contributed by atoms with Gasteiger partial charge in [-0.2, -0.15) is 0 Å². The van der Waals surface area contributed by atoms with E-state index in [9.17, 15) is 0 Å². The van der Waals surface area contributed by atoms with Gasteiger partial charge in [0.1, 0.15) is 5.38 Å². The Morgan fingerprint density at radius 3 is 2.50 bits per heavy atom. The first-order valence-corrected chi connectivity index (χ1v) is 6.71. The maximum atomic E-state index is 6.35. The number of hydrogen-bond donors (Lipinski definition) is 0. The van der Waals surface area contributed by atoms with Gasteiger partial charge in [-0.05, 0) is 24.3 Å². The third kappa shape index (κ3) is 2.27. The molecule has 1 fully saturated rings. The van der Waals surface area contributed by atoms with E-state index in [0.29, 0.717) is 23.6 Å². The van der Waals surface area contributed by atoms with Crippen molar-refractivity contribution in [2.45, 2.75) is 31.1 Å². The molecule has 18 heavy (non-hydrogen) atoms. The van der Waals surface area contributed by atoms with Gasteiger partial charge >= 0.3 is 0 Å². The quantitative estimate of drug-likeness (QED) is 0.784. The van der Waals surface area contributed by atoms with Crippen molar-refractivity contribution in [2.24, 2.45) is 5.92 Å². The number of aromatic nitrogens is 2. The highest BCUT2D eigenvalue weighted by molar-refractivity contribution is 6.22. The molecular formula is C14H15ClN2O. The summed E-state index contributed by atoms with van der Waals surface area (Å²) in [7, 11) is 0. The smallest absolute Gasteiger partial charge is 0.238 e. The number of alkyl halides is 1. The van der Waals surface area contributed by atoms with Gasteiger partial charge in [-0.15, -0.1) is 21.8 Å². The van der Waals surface area contributed by atoms with Crippen LogP contribution >= 0.6 is 11.6 Å². The van der Waals surface area contributed by atoms with Crippen molar-refractivity contribution in [3.63, 3.8) is 0 Å². The van der Waals surface area contributed by atoms with Crippen molar-refractivity contribution in [1.82, 2.24) is 10.2 Å². The van der Waals surface area contributed by atoms with Crippen LogP contribution in [0, 0.1) is 5.92 Å². The predicted octanol–water partition coefficient (Wildman–Crippen LogP) is 3.91. The Morgan fingerprint density at radius 2 is 1.83 bits per heavy atom. The molecule has 0 N–H and O–H groups in total. The van der Waals surface area contributed by atoms with Crippen LogP contribution in [0.4, 0.5) is 0 Å². The summed E-state index contributed by atoms with van der Waals surface area (Å²) in [6.45, 7) is 2.14. The summed E-state index contributed by atoms with van der Waals surface area (Å²) < 4.78 is 5.71. The van der Waals surface area contributed by atoms with Crippen LogP contribution in [0.3, 0.4) is 0 Å². The molecule has 0 bridgehead atoms. The van der Waals surface area contributed by atoms with E-state index in [1.807, 2.05) is 30.3 Å². The summed E-state index contributed by atoms with van der Waals surface area (Å²) in [4.78, 5) is 0. The number of hydrogen-bond acceptors (Lipinski definition) is 3. The number of rotatable bonds is 4. The summed E-state index contributed by atoms with van der Waals surface area (Å²) in [6, 6.07) is 9.79. The molecule has 1 heterocycles. The first kappa shape index (κ1) is 11.7. The molecule has 0 aliphatic heterocycles. The van der Waals surface area contributed by atoms with Crippen LogP contribution < -0.4 is 0 Å². The van der Waals surface area contributed by atoms with E-state index < -0.39 is 0 Å². The summed E-state index contributed by atoms with van der Waals surface area (Å²) >= 11 is 6.35. The third-order valence-electron chi connectivity index (χ3n) is 3.48. The molecule has 1 aromatic heterocycles. The van der Waals surface area contributed by atoms with E-state index in [2.05, 4.69) is 17.1 Å². The van der Waals surface area contributed by atoms with Gasteiger partial charge in [0.25, 0.3) is 0 Å². The lowest BCUT2D eigenvalue weighted by molar-refractivity contribution is 0.411. The van der Waals surface area contributed by atoms with Crippen molar-refractivity contribution < 1.29 is 4.42 Å². The van der Waals surface area contributed by atoms with Crippen molar-refractivity contribution in [3.8, 4) is 0 Å². The van der Waals surface area contributed by atoms with Gasteiger partial charge in [0.15, 0.2) is 0 Å². The average molecular weight is 263 g/mol. The maximum Gasteiger partial charge on any atom is 0.238 e. The average Bonchev–Trinajstić information content (AvgIpc) is 3.15. The minimum absolute atomic E-state index is 0.353. The second-order valence-corrected chi connectivity index (χ2v) is 5.31. The molecule has 0 spiro atoms. The van der Waals surface area contributed by atoms with E-state index in [-0.39, 0.29) is 5.38 Å². The molecule has 1 saturated carbocycles. The van der Waals surface area contributed by atoms with Crippen molar-refractivity contribution in [2.75, 3.05) is 0 Å². The highest BCUT2D eigenvalue weighted by atomic mass is 35.5. The topological polar surface area (TPSA) is 38.9 Å². The van der Waals surface area contributed by atoms with E-state index in [1.54, 1.807) is 0 Å². The van der Waals surface area contributed by atoms with Crippen LogP contribution in [0.5, 0.6) is 0 Å². The van der Waals surface area contributed by atoms with E-state index in [0.717, 1.165) is 5.56 Å². The Morgan fingerprint density at radius 1 is 1.17 bits per heavy atom. The van der Waals surface area contributed by atoms with Crippen LogP contribution in [0.15, 0.2) is 34.7 Å². The maximum absolute atomic E-state index is 6.35. The molecular weight excluding hydrogens is 248 g/mol. The molecule has 1 aliphatic carbocycles. The molecule has 3 nitrogen and oxygen atoms in total. The zero-order valence-electron chi connectivity index (χ0n) is 10.2. The molecule has 0 saturated heterocycles. The van der Waals surface area contributed by atoms with Gasteiger partial charge in [-0.1, -0.05) is 37.3 Å². The Hall–Kier alpha value is -1.35. The second kappa shape index (κ2) is 4.73. The Labute approximate surface area is 111 Å². The minimum Gasteiger partial charge on any atom is -0.423 e. The highest BCUT2D eigenvalue weighted by Crippen LogP contribution is 2.42. The number of nitrogens with zero attached hydrogens (tertiary/aromatic N) is 2. The fourth-order valence-corrected chi connectivity index (χ4v) is 2.33. The summed E-state index contributed by atoms with van der Waals surface area (Å²) in [6.07, 6.45) is 2.53. The van der Waals surface area contributed by atoms with E-state index >= 15 is 0 Å². The Bertz CT molecular complexity index is 522. The molecule has 94 valence electrons. The van der Waals surface area contributed by atoms with Crippen LogP contribution in [0.25, 0.3) is 0 Å². The van der Waals surface area contributed by atoms with Gasteiger partial charge < -0.3 is 4.42 Å². The second-order valence-electron chi connectivity index (χ2n) is 4.88. The van der Waals surface area contributed by atoms with Crippen molar-refractivity contribution in [3.05, 3.63) is 47.7 Å². The Kier molecular flexibility index (Phi) is 3.08. The fraction of sp³-hybridized carbons (Fsp3) is 0.429. The summed E-state index contributed by atoms with van der Waals surface area (Å²) in [5.74, 6) is 2.27. The number of benzene rings is 1. The SMILES string of the molecule is CC(c1nnc(C(Cl)c2ccccc2)o1)C1CC1. The van der Waals surface area contributed by atoms with Crippen LogP contribution in [0.2, 0.25) is 0 Å². The highest BCUT2D eigenvalue weighted by Gasteiger charge is 2.33. The molecule has 2 aromatic rings. The van der Waals surface area contributed by atoms with E-state index in [4.69, 9.17) is 16.0 Å².